The molecular formula is C11H15NO3. The Morgan fingerprint density at radius 1 is 1.53 bits per heavy atom. The molecule has 0 unspecified atom stereocenters. The summed E-state index contributed by atoms with van der Waals surface area (Å²) in [4.78, 5) is 11.3. The predicted octanol–water partition coefficient (Wildman–Crippen LogP) is 2.34. The summed E-state index contributed by atoms with van der Waals surface area (Å²) in [6, 6.07) is 1.74. The molecule has 82 valence electrons. The molecule has 1 aromatic rings. The Bertz CT molecular complexity index is 371. The van der Waals surface area contributed by atoms with Crippen molar-refractivity contribution in [3.05, 3.63) is 23.6 Å². The first kappa shape index (κ1) is 11.5. The average molecular weight is 209 g/mol. The fourth-order valence-corrected chi connectivity index (χ4v) is 0.953. The van der Waals surface area contributed by atoms with Crippen molar-refractivity contribution >= 4 is 12.0 Å². The monoisotopic (exact) mass is 209 g/mol. The summed E-state index contributed by atoms with van der Waals surface area (Å²) in [6.45, 7) is 7.24. The summed E-state index contributed by atoms with van der Waals surface area (Å²) in [7, 11) is 0. The molecule has 1 rings (SSSR count). The van der Waals surface area contributed by atoms with Crippen molar-refractivity contribution < 1.29 is 14.1 Å². The van der Waals surface area contributed by atoms with Gasteiger partial charge in [0.15, 0.2) is 0 Å². The van der Waals surface area contributed by atoms with Crippen molar-refractivity contribution in [3.63, 3.8) is 0 Å². The standard InChI is InChI=1S/C11H15NO3/c1-8-7-9(12-15-8)5-6-10(13)14-11(2,3)4/h5-7H,1-4H3/b6-5-. The second kappa shape index (κ2) is 4.29. The molecule has 0 bridgehead atoms. The van der Waals surface area contributed by atoms with Crippen LogP contribution in [0.5, 0.6) is 0 Å². The number of esters is 1. The Hall–Kier alpha value is -1.58. The highest BCUT2D eigenvalue weighted by Gasteiger charge is 2.13. The molecule has 1 heterocycles. The second-order valence-corrected chi connectivity index (χ2v) is 4.23. The zero-order valence-electron chi connectivity index (χ0n) is 9.40. The van der Waals surface area contributed by atoms with E-state index in [4.69, 9.17) is 9.26 Å². The van der Waals surface area contributed by atoms with Crippen molar-refractivity contribution in [1.82, 2.24) is 5.16 Å². The van der Waals surface area contributed by atoms with E-state index in [-0.39, 0.29) is 5.97 Å². The van der Waals surface area contributed by atoms with Crippen LogP contribution in [-0.2, 0) is 9.53 Å². The van der Waals surface area contributed by atoms with Crippen molar-refractivity contribution in [3.8, 4) is 0 Å². The first-order valence-electron chi connectivity index (χ1n) is 4.71. The lowest BCUT2D eigenvalue weighted by Gasteiger charge is -2.17. The van der Waals surface area contributed by atoms with E-state index in [2.05, 4.69) is 5.16 Å². The molecule has 0 aliphatic rings. The quantitative estimate of drug-likeness (QED) is 0.554. The van der Waals surface area contributed by atoms with Crippen LogP contribution in [0.25, 0.3) is 6.08 Å². The van der Waals surface area contributed by atoms with Crippen molar-refractivity contribution in [2.24, 2.45) is 0 Å². The molecule has 0 radical (unpaired) electrons. The number of ether oxygens (including phenoxy) is 1. The van der Waals surface area contributed by atoms with Crippen LogP contribution in [0.4, 0.5) is 0 Å². The van der Waals surface area contributed by atoms with E-state index < -0.39 is 5.60 Å². The van der Waals surface area contributed by atoms with Crippen LogP contribution in [0, 0.1) is 6.92 Å². The van der Waals surface area contributed by atoms with Gasteiger partial charge in [-0.3, -0.25) is 0 Å². The fourth-order valence-electron chi connectivity index (χ4n) is 0.953. The Labute approximate surface area is 88.9 Å². The van der Waals surface area contributed by atoms with Crippen molar-refractivity contribution in [1.29, 1.82) is 0 Å². The van der Waals surface area contributed by atoms with Crippen LogP contribution < -0.4 is 0 Å². The highest BCUT2D eigenvalue weighted by atomic mass is 16.6. The smallest absolute Gasteiger partial charge is 0.331 e. The molecule has 1 aromatic heterocycles. The largest absolute Gasteiger partial charge is 0.457 e. The van der Waals surface area contributed by atoms with E-state index >= 15 is 0 Å². The minimum Gasteiger partial charge on any atom is -0.457 e. The van der Waals surface area contributed by atoms with E-state index in [0.29, 0.717) is 11.5 Å². The number of carbonyl (C=O) groups is 1. The molecule has 0 aromatic carbocycles. The van der Waals surface area contributed by atoms with E-state index in [0.717, 1.165) is 0 Å². The summed E-state index contributed by atoms with van der Waals surface area (Å²) in [5, 5.41) is 3.71. The molecule has 0 atom stereocenters. The van der Waals surface area contributed by atoms with Gasteiger partial charge in [0.05, 0.1) is 0 Å². The molecule has 0 aliphatic carbocycles. The van der Waals surface area contributed by atoms with Gasteiger partial charge in [0, 0.05) is 12.1 Å². The normalized spacial score (nSPS) is 12.0. The van der Waals surface area contributed by atoms with Gasteiger partial charge in [-0.05, 0) is 33.8 Å². The first-order valence-corrected chi connectivity index (χ1v) is 4.71. The van der Waals surface area contributed by atoms with Crippen LogP contribution >= 0.6 is 0 Å². The first-order chi connectivity index (χ1) is 6.87. The average Bonchev–Trinajstić information content (AvgIpc) is 2.45. The highest BCUT2D eigenvalue weighted by molar-refractivity contribution is 5.86. The second-order valence-electron chi connectivity index (χ2n) is 4.23. The summed E-state index contributed by atoms with van der Waals surface area (Å²) < 4.78 is 9.93. The van der Waals surface area contributed by atoms with Gasteiger partial charge in [-0.25, -0.2) is 4.79 Å². The molecule has 0 aliphatic heterocycles. The zero-order valence-corrected chi connectivity index (χ0v) is 9.40. The molecule has 4 heteroatoms. The summed E-state index contributed by atoms with van der Waals surface area (Å²) in [6.07, 6.45) is 2.90. The number of carbonyl (C=O) groups excluding carboxylic acids is 1. The number of hydrogen-bond acceptors (Lipinski definition) is 4. The van der Waals surface area contributed by atoms with Crippen LogP contribution in [0.1, 0.15) is 32.2 Å². The molecule has 0 fully saturated rings. The van der Waals surface area contributed by atoms with Crippen molar-refractivity contribution in [2.45, 2.75) is 33.3 Å². The van der Waals surface area contributed by atoms with Gasteiger partial charge >= 0.3 is 5.97 Å². The molecular weight excluding hydrogens is 194 g/mol. The number of nitrogens with zero attached hydrogens (tertiary/aromatic N) is 1. The van der Waals surface area contributed by atoms with Crippen LogP contribution in [-0.4, -0.2) is 16.7 Å². The maximum Gasteiger partial charge on any atom is 0.331 e. The third kappa shape index (κ3) is 4.44. The zero-order chi connectivity index (χ0) is 11.5. The number of hydrogen-bond donors (Lipinski definition) is 0. The molecule has 0 N–H and O–H groups in total. The van der Waals surface area contributed by atoms with E-state index in [1.807, 2.05) is 20.8 Å². The van der Waals surface area contributed by atoms with Gasteiger partial charge in [0.2, 0.25) is 0 Å². The third-order valence-electron chi connectivity index (χ3n) is 1.44. The minimum absolute atomic E-state index is 0.386. The Kier molecular flexibility index (Phi) is 3.29. The Morgan fingerprint density at radius 2 is 2.20 bits per heavy atom. The molecule has 15 heavy (non-hydrogen) atoms. The topological polar surface area (TPSA) is 52.3 Å². The van der Waals surface area contributed by atoms with Crippen LogP contribution in [0.3, 0.4) is 0 Å². The molecule has 0 saturated carbocycles. The predicted molar refractivity (Wildman–Crippen MR) is 56.1 cm³/mol. The number of rotatable bonds is 2. The van der Waals surface area contributed by atoms with E-state index in [9.17, 15) is 4.79 Å². The summed E-state index contributed by atoms with van der Waals surface area (Å²) in [5.74, 6) is 0.321. The van der Waals surface area contributed by atoms with E-state index in [1.54, 1.807) is 19.1 Å². The van der Waals surface area contributed by atoms with Gasteiger partial charge in [0.1, 0.15) is 17.1 Å². The SMILES string of the molecule is Cc1cc(/C=C\C(=O)OC(C)(C)C)no1. The maximum atomic E-state index is 11.3. The van der Waals surface area contributed by atoms with Gasteiger partial charge in [-0.1, -0.05) is 5.16 Å². The minimum atomic E-state index is -0.471. The number of aryl methyl sites for hydroxylation is 1. The Balaban J connectivity index is 2.55. The van der Waals surface area contributed by atoms with Gasteiger partial charge in [-0.2, -0.15) is 0 Å². The van der Waals surface area contributed by atoms with E-state index in [1.165, 1.54) is 6.08 Å². The maximum absolute atomic E-state index is 11.3. The van der Waals surface area contributed by atoms with Crippen molar-refractivity contribution in [2.75, 3.05) is 0 Å². The molecule has 4 nitrogen and oxygen atoms in total. The van der Waals surface area contributed by atoms with Gasteiger partial charge < -0.3 is 9.26 Å². The molecule has 0 amide bonds. The van der Waals surface area contributed by atoms with Crippen LogP contribution in [0.15, 0.2) is 16.7 Å². The van der Waals surface area contributed by atoms with Gasteiger partial charge in [-0.15, -0.1) is 0 Å². The molecule has 0 saturated heterocycles. The Morgan fingerprint density at radius 3 is 2.67 bits per heavy atom. The molecule has 0 spiro atoms. The van der Waals surface area contributed by atoms with Crippen LogP contribution in [0.2, 0.25) is 0 Å². The third-order valence-corrected chi connectivity index (χ3v) is 1.44. The number of aromatic nitrogens is 1. The fraction of sp³-hybridized carbons (Fsp3) is 0.455. The lowest BCUT2D eigenvalue weighted by molar-refractivity contribution is -0.148. The lowest BCUT2D eigenvalue weighted by Crippen LogP contribution is -2.22. The summed E-state index contributed by atoms with van der Waals surface area (Å²) in [5.41, 5.74) is 0.139. The highest BCUT2D eigenvalue weighted by Crippen LogP contribution is 2.08. The van der Waals surface area contributed by atoms with Gasteiger partial charge in [0.25, 0.3) is 0 Å². The summed E-state index contributed by atoms with van der Waals surface area (Å²) >= 11 is 0. The lowest BCUT2D eigenvalue weighted by atomic mass is 10.2.